The van der Waals surface area contributed by atoms with E-state index in [0.717, 1.165) is 11.1 Å². The maximum atomic E-state index is 9.45. The van der Waals surface area contributed by atoms with Crippen molar-refractivity contribution in [2.24, 2.45) is 0 Å². The molecule has 1 nitrogen and oxygen atoms in total. The van der Waals surface area contributed by atoms with Crippen LogP contribution < -0.4 is 34.0 Å². The predicted octanol–water partition coefficient (Wildman–Crippen LogP) is -4.09. The quantitative estimate of drug-likeness (QED) is 0.405. The van der Waals surface area contributed by atoms with Gasteiger partial charge < -0.3 is 39.1 Å². The van der Waals surface area contributed by atoms with Gasteiger partial charge in [-0.2, -0.15) is 0 Å². The number of rotatable bonds is 2. The summed E-state index contributed by atoms with van der Waals surface area (Å²) < 4.78 is 0. The van der Waals surface area contributed by atoms with E-state index in [2.05, 4.69) is 0 Å². The van der Waals surface area contributed by atoms with Crippen molar-refractivity contribution in [3.63, 3.8) is 0 Å². The van der Waals surface area contributed by atoms with E-state index in [0.29, 0.717) is 0 Å². The molecule has 0 heterocycles. The summed E-state index contributed by atoms with van der Waals surface area (Å²) in [5.41, 5.74) is 2.02. The van der Waals surface area contributed by atoms with E-state index in [9.17, 15) is 5.11 Å². The van der Waals surface area contributed by atoms with Crippen molar-refractivity contribution < 1.29 is 39.1 Å². The molecule has 0 saturated carbocycles. The van der Waals surface area contributed by atoms with Crippen molar-refractivity contribution >= 4 is 23.1 Å². The van der Waals surface area contributed by atoms with Crippen molar-refractivity contribution in [2.45, 2.75) is 33.8 Å². The van der Waals surface area contributed by atoms with E-state index < -0.39 is 0 Å². The second kappa shape index (κ2) is 13.2. The molecule has 1 N–H and O–H groups in total. The van der Waals surface area contributed by atoms with Crippen LogP contribution in [0.2, 0.25) is 0 Å². The van der Waals surface area contributed by atoms with E-state index in [4.69, 9.17) is 0 Å². The van der Waals surface area contributed by atoms with Crippen molar-refractivity contribution in [3.05, 3.63) is 23.3 Å². The maximum absolute atomic E-state index is 9.45. The molecular weight excluding hydrogens is 308 g/mol. The Kier molecular flexibility index (Phi) is 24.1. The van der Waals surface area contributed by atoms with Gasteiger partial charge in [-0.3, -0.25) is 0 Å². The average Bonchev–Trinajstić information content (AvgIpc) is 2.00. The second-order valence-corrected chi connectivity index (χ2v) is 2.47. The molecule has 0 aliphatic rings. The minimum Gasteiger partial charge on any atom is -1.00 e. The molecule has 0 fully saturated rings. The zero-order valence-electron chi connectivity index (χ0n) is 8.64. The normalized spacial score (nSPS) is 13.3. The first-order valence-corrected chi connectivity index (χ1v) is 3.57. The fourth-order valence-corrected chi connectivity index (χ4v) is 0.675. The molecule has 4 heteroatoms. The Morgan fingerprint density at radius 3 is 1.38 bits per heavy atom. The third kappa shape index (κ3) is 9.47. The average molecular weight is 324 g/mol. The van der Waals surface area contributed by atoms with Gasteiger partial charge in [0.2, 0.25) is 0 Å². The Bertz CT molecular complexity index is 149. The number of halogens is 2. The van der Waals surface area contributed by atoms with Crippen LogP contribution in [-0.4, -0.2) is 34.3 Å². The summed E-state index contributed by atoms with van der Waals surface area (Å²) >= 11 is 0. The molecule has 0 aromatic heterocycles. The zero-order valence-corrected chi connectivity index (χ0v) is 13.2. The molecule has 0 saturated heterocycles. The molecule has 0 spiro atoms. The van der Waals surface area contributed by atoms with Crippen LogP contribution in [0.5, 0.6) is 0 Å². The molecule has 0 aliphatic carbocycles. The number of aliphatic hydroxyl groups is 1. The molecule has 0 atom stereocenters. The first-order chi connectivity index (χ1) is 4.63. The second-order valence-electron chi connectivity index (χ2n) is 2.47. The molecule has 0 unspecified atom stereocenters. The van der Waals surface area contributed by atoms with Gasteiger partial charge in [-0.1, -0.05) is 12.2 Å². The van der Waals surface area contributed by atoms with E-state index >= 15 is 0 Å². The van der Waals surface area contributed by atoms with Gasteiger partial charge in [-0.05, 0) is 38.8 Å². The molecule has 0 bridgehead atoms. The Balaban J connectivity index is -0.000000135. The van der Waals surface area contributed by atoms with Gasteiger partial charge in [0.25, 0.3) is 0 Å². The molecule has 0 amide bonds. The van der Waals surface area contributed by atoms with Crippen LogP contribution in [0.3, 0.4) is 0 Å². The van der Waals surface area contributed by atoms with E-state index in [1.165, 1.54) is 0 Å². The van der Waals surface area contributed by atoms with Crippen molar-refractivity contribution in [2.75, 3.05) is 0 Å². The first kappa shape index (κ1) is 23.8. The van der Waals surface area contributed by atoms with Gasteiger partial charge in [0.15, 0.2) is 0 Å². The smallest absolute Gasteiger partial charge is 1.00 e. The van der Waals surface area contributed by atoms with Crippen LogP contribution in [-0.2, 0) is 0 Å². The number of aliphatic hydroxyl groups excluding tert-OH is 1. The topological polar surface area (TPSA) is 20.2 Å². The molecular formula is C9H16Br2MgO. The number of allylic oxidation sites excluding steroid dienone is 2. The Morgan fingerprint density at radius 2 is 1.23 bits per heavy atom. The summed E-state index contributed by atoms with van der Waals surface area (Å²) in [5, 5.41) is 9.45. The standard InChI is InChI=1S/C9H16O.2BrH.Mg/c1-5-7(3)9(10)8(4)6-2;;;/h5-6,9-10H,1-4H3;2*1H;/q;;;+2/p-2. The Hall–Kier alpha value is 1.17. The zero-order chi connectivity index (χ0) is 8.15. The third-order valence-corrected chi connectivity index (χ3v) is 1.77. The summed E-state index contributed by atoms with van der Waals surface area (Å²) in [7, 11) is 0. The summed E-state index contributed by atoms with van der Waals surface area (Å²) in [4.78, 5) is 0. The predicted molar refractivity (Wildman–Crippen MR) is 50.6 cm³/mol. The Morgan fingerprint density at radius 1 is 1.00 bits per heavy atom. The van der Waals surface area contributed by atoms with E-state index in [-0.39, 0.29) is 63.1 Å². The van der Waals surface area contributed by atoms with Gasteiger partial charge in [-0.15, -0.1) is 0 Å². The molecule has 13 heavy (non-hydrogen) atoms. The summed E-state index contributed by atoms with van der Waals surface area (Å²) in [6.45, 7) is 7.72. The monoisotopic (exact) mass is 322 g/mol. The molecule has 0 aromatic rings. The summed E-state index contributed by atoms with van der Waals surface area (Å²) in [5.74, 6) is 0. The molecule has 0 radical (unpaired) electrons. The maximum Gasteiger partial charge on any atom is 2.00 e. The van der Waals surface area contributed by atoms with Crippen molar-refractivity contribution in [1.82, 2.24) is 0 Å². The van der Waals surface area contributed by atoms with Crippen molar-refractivity contribution in [3.8, 4) is 0 Å². The van der Waals surface area contributed by atoms with Gasteiger partial charge in [-0.25, -0.2) is 0 Å². The molecule has 0 aliphatic heterocycles. The van der Waals surface area contributed by atoms with Gasteiger partial charge in [0.05, 0.1) is 6.10 Å². The van der Waals surface area contributed by atoms with Crippen LogP contribution in [0, 0.1) is 0 Å². The fraction of sp³-hybridized carbons (Fsp3) is 0.556. The van der Waals surface area contributed by atoms with Crippen molar-refractivity contribution in [1.29, 1.82) is 0 Å². The van der Waals surface area contributed by atoms with Crippen LogP contribution in [0.4, 0.5) is 0 Å². The van der Waals surface area contributed by atoms with Gasteiger partial charge >= 0.3 is 23.1 Å². The SMILES string of the molecule is CC=C(C)C(O)C(C)=CC.[Br-].[Br-].[Mg+2]. The largest absolute Gasteiger partial charge is 2.00 e. The van der Waals surface area contributed by atoms with Gasteiger partial charge in [0.1, 0.15) is 0 Å². The first-order valence-electron chi connectivity index (χ1n) is 3.57. The van der Waals surface area contributed by atoms with Gasteiger partial charge in [0, 0.05) is 0 Å². The minimum absolute atomic E-state index is 0. The van der Waals surface area contributed by atoms with E-state index in [1.807, 2.05) is 39.8 Å². The summed E-state index contributed by atoms with van der Waals surface area (Å²) in [6.07, 6.45) is 3.48. The molecule has 74 valence electrons. The molecule has 0 aromatic carbocycles. The third-order valence-electron chi connectivity index (χ3n) is 1.77. The Labute approximate surface area is 118 Å². The number of hydrogen-bond donors (Lipinski definition) is 1. The number of hydrogen-bond acceptors (Lipinski definition) is 1. The van der Waals surface area contributed by atoms with Crippen LogP contribution >= 0.6 is 0 Å². The van der Waals surface area contributed by atoms with Crippen LogP contribution in [0.15, 0.2) is 23.3 Å². The van der Waals surface area contributed by atoms with Crippen LogP contribution in [0.1, 0.15) is 27.7 Å². The molecule has 0 rings (SSSR count). The van der Waals surface area contributed by atoms with E-state index in [1.54, 1.807) is 0 Å². The summed E-state index contributed by atoms with van der Waals surface area (Å²) in [6, 6.07) is 0. The minimum atomic E-state index is -0.380. The fourth-order valence-electron chi connectivity index (χ4n) is 0.675. The van der Waals surface area contributed by atoms with Crippen LogP contribution in [0.25, 0.3) is 0 Å².